The normalized spacial score (nSPS) is 9.98. The highest BCUT2D eigenvalue weighted by Crippen LogP contribution is 2.31. The Morgan fingerprint density at radius 3 is 1.61 bits per heavy atom. The van der Waals surface area contributed by atoms with E-state index in [2.05, 4.69) is 9.97 Å². The number of ether oxygens (including phenoxy) is 2. The maximum atomic E-state index is 12.5. The molecule has 0 saturated heterocycles. The minimum Gasteiger partial charge on any atom is -0.460 e. The summed E-state index contributed by atoms with van der Waals surface area (Å²) in [5.41, 5.74) is 1.38. The van der Waals surface area contributed by atoms with Crippen LogP contribution < -0.4 is 4.90 Å². The van der Waals surface area contributed by atoms with Crippen molar-refractivity contribution in [2.75, 3.05) is 31.2 Å². The van der Waals surface area contributed by atoms with E-state index in [0.717, 1.165) is 0 Å². The molecule has 0 unspecified atom stereocenters. The number of carbonyl (C=O) groups excluding carboxylic acids is 2. The molecule has 4 aromatic rings. The highest BCUT2D eigenvalue weighted by atomic mass is 16.5. The third-order valence-electron chi connectivity index (χ3n) is 5.92. The predicted molar refractivity (Wildman–Crippen MR) is 147 cm³/mol. The molecule has 0 saturated carbocycles. The zero-order valence-corrected chi connectivity index (χ0v) is 21.7. The average molecular weight is 543 g/mol. The van der Waals surface area contributed by atoms with Gasteiger partial charge in [-0.1, -0.05) is 54.6 Å². The lowest BCUT2D eigenvalue weighted by Crippen LogP contribution is -2.32. The Bertz CT molecular complexity index is 1610. The van der Waals surface area contributed by atoms with Crippen LogP contribution in [0.25, 0.3) is 11.3 Å². The number of benzene rings is 3. The summed E-state index contributed by atoms with van der Waals surface area (Å²) in [4.78, 5) is 35.1. The summed E-state index contributed by atoms with van der Waals surface area (Å²) >= 11 is 0. The van der Waals surface area contributed by atoms with Crippen molar-refractivity contribution in [2.45, 2.75) is 0 Å². The lowest BCUT2D eigenvalue weighted by atomic mass is 10.1. The number of aromatic nitrogens is 2. The molecule has 0 radical (unpaired) electrons. The van der Waals surface area contributed by atoms with E-state index in [1.54, 1.807) is 91.0 Å². The lowest BCUT2D eigenvalue weighted by Gasteiger charge is -2.27. The van der Waals surface area contributed by atoms with Crippen molar-refractivity contribution in [2.24, 2.45) is 0 Å². The molecule has 0 N–H and O–H groups in total. The molecule has 0 bridgehead atoms. The van der Waals surface area contributed by atoms with Crippen LogP contribution in [0, 0.1) is 34.0 Å². The summed E-state index contributed by atoms with van der Waals surface area (Å²) in [6.07, 6.45) is 0. The zero-order valence-electron chi connectivity index (χ0n) is 21.7. The Morgan fingerprint density at radius 1 is 0.634 bits per heavy atom. The maximum Gasteiger partial charge on any atom is 0.338 e. The summed E-state index contributed by atoms with van der Waals surface area (Å²) in [5, 5.41) is 28.6. The first-order chi connectivity index (χ1) is 20.0. The quantitative estimate of drug-likeness (QED) is 0.265. The van der Waals surface area contributed by atoms with E-state index >= 15 is 0 Å². The number of hydrogen-bond donors (Lipinski definition) is 0. The molecule has 41 heavy (non-hydrogen) atoms. The average Bonchev–Trinajstić information content (AvgIpc) is 3.04. The minimum atomic E-state index is -0.488. The summed E-state index contributed by atoms with van der Waals surface area (Å²) < 4.78 is 11.0. The Kier molecular flexibility index (Phi) is 9.32. The van der Waals surface area contributed by atoms with Crippen molar-refractivity contribution < 1.29 is 19.1 Å². The highest BCUT2D eigenvalue weighted by Gasteiger charge is 2.21. The molecule has 10 nitrogen and oxygen atoms in total. The molecule has 3 aromatic carbocycles. The van der Waals surface area contributed by atoms with E-state index in [1.807, 2.05) is 17.0 Å². The summed E-state index contributed by atoms with van der Waals surface area (Å²) in [6.45, 7) is 0.412. The Balaban J connectivity index is 1.62. The number of rotatable bonds is 10. The molecular formula is C31H22N6O4. The third kappa shape index (κ3) is 6.88. The second-order valence-corrected chi connectivity index (χ2v) is 8.46. The fraction of sp³-hybridized carbons (Fsp3) is 0.129. The molecule has 0 aliphatic rings. The third-order valence-corrected chi connectivity index (χ3v) is 5.92. The van der Waals surface area contributed by atoms with Gasteiger partial charge in [-0.25, -0.2) is 19.6 Å². The predicted octanol–water partition coefficient (Wildman–Crippen LogP) is 4.28. The van der Waals surface area contributed by atoms with Gasteiger partial charge in [0.05, 0.1) is 24.2 Å². The Hall–Kier alpha value is -6.05. The van der Waals surface area contributed by atoms with Gasteiger partial charge in [0, 0.05) is 11.3 Å². The van der Waals surface area contributed by atoms with Gasteiger partial charge in [0.25, 0.3) is 0 Å². The molecular weight excluding hydrogens is 520 g/mol. The van der Waals surface area contributed by atoms with E-state index in [-0.39, 0.29) is 49.1 Å². The van der Waals surface area contributed by atoms with Crippen molar-refractivity contribution >= 4 is 17.6 Å². The van der Waals surface area contributed by atoms with Gasteiger partial charge in [0.15, 0.2) is 17.1 Å². The SMILES string of the molecule is N#Cc1nc(C#N)c(-c2ccccc2N(CCOC(=O)c2ccccc2)CCOC(=O)c2ccccc2)nc1C#N. The van der Waals surface area contributed by atoms with Gasteiger partial charge in [-0.15, -0.1) is 0 Å². The number of nitrogens with zero attached hydrogens (tertiary/aromatic N) is 6. The van der Waals surface area contributed by atoms with Crippen LogP contribution in [0.15, 0.2) is 84.9 Å². The summed E-state index contributed by atoms with van der Waals surface area (Å²) in [5.74, 6) is -0.976. The molecule has 0 spiro atoms. The first-order valence-corrected chi connectivity index (χ1v) is 12.5. The van der Waals surface area contributed by atoms with Gasteiger partial charge >= 0.3 is 11.9 Å². The Labute approximate surface area is 236 Å². The number of anilines is 1. The van der Waals surface area contributed by atoms with Crippen LogP contribution in [0.1, 0.15) is 37.8 Å². The second kappa shape index (κ2) is 13.7. The topological polar surface area (TPSA) is 153 Å². The molecule has 0 fully saturated rings. The molecule has 0 aliphatic carbocycles. The molecule has 200 valence electrons. The van der Waals surface area contributed by atoms with Gasteiger partial charge in [0.1, 0.15) is 37.1 Å². The first-order valence-electron chi connectivity index (χ1n) is 12.5. The molecule has 10 heteroatoms. The number of nitriles is 3. The van der Waals surface area contributed by atoms with Crippen LogP contribution in [0.2, 0.25) is 0 Å². The summed E-state index contributed by atoms with van der Waals surface area (Å²) in [7, 11) is 0. The van der Waals surface area contributed by atoms with Crippen LogP contribution in [0.5, 0.6) is 0 Å². The van der Waals surface area contributed by atoms with Crippen molar-refractivity contribution in [3.8, 4) is 29.5 Å². The minimum absolute atomic E-state index is 0.00228. The molecule has 1 aromatic heterocycles. The largest absolute Gasteiger partial charge is 0.460 e. The van der Waals surface area contributed by atoms with Gasteiger partial charge < -0.3 is 14.4 Å². The van der Waals surface area contributed by atoms with E-state index in [4.69, 9.17) is 9.47 Å². The molecule has 4 rings (SSSR count). The zero-order chi connectivity index (χ0) is 29.0. The molecule has 0 amide bonds. The van der Waals surface area contributed by atoms with Crippen LogP contribution in [-0.4, -0.2) is 48.2 Å². The number of carbonyl (C=O) groups is 2. The van der Waals surface area contributed by atoms with Gasteiger partial charge in [-0.2, -0.15) is 15.8 Å². The molecule has 0 aliphatic heterocycles. The fourth-order valence-corrected chi connectivity index (χ4v) is 3.97. The van der Waals surface area contributed by atoms with E-state index in [0.29, 0.717) is 22.4 Å². The maximum absolute atomic E-state index is 12.5. The number of hydrogen-bond acceptors (Lipinski definition) is 10. The standard InChI is InChI=1S/C31H22N6O4/c32-19-25-26(20-33)36-29(27(21-34)35-25)24-13-7-8-14-28(24)37(15-17-40-30(38)22-9-3-1-4-10-22)16-18-41-31(39)23-11-5-2-6-12-23/h1-14H,15-18H2. The van der Waals surface area contributed by atoms with Gasteiger partial charge in [-0.05, 0) is 30.3 Å². The van der Waals surface area contributed by atoms with Crippen LogP contribution in [0.4, 0.5) is 5.69 Å². The number of para-hydroxylation sites is 1. The van der Waals surface area contributed by atoms with E-state index < -0.39 is 11.9 Å². The van der Waals surface area contributed by atoms with Gasteiger partial charge in [-0.3, -0.25) is 0 Å². The smallest absolute Gasteiger partial charge is 0.338 e. The lowest BCUT2D eigenvalue weighted by molar-refractivity contribution is 0.0504. The Morgan fingerprint density at radius 2 is 1.10 bits per heavy atom. The second-order valence-electron chi connectivity index (χ2n) is 8.46. The van der Waals surface area contributed by atoms with E-state index in [9.17, 15) is 25.4 Å². The van der Waals surface area contributed by atoms with Crippen LogP contribution in [-0.2, 0) is 9.47 Å². The van der Waals surface area contributed by atoms with Crippen molar-refractivity contribution in [1.29, 1.82) is 15.8 Å². The van der Waals surface area contributed by atoms with Crippen molar-refractivity contribution in [1.82, 2.24) is 9.97 Å². The van der Waals surface area contributed by atoms with Gasteiger partial charge in [0.2, 0.25) is 0 Å². The monoisotopic (exact) mass is 542 g/mol. The summed E-state index contributed by atoms with van der Waals surface area (Å²) in [6, 6.07) is 29.7. The van der Waals surface area contributed by atoms with Crippen molar-refractivity contribution in [3.63, 3.8) is 0 Å². The van der Waals surface area contributed by atoms with Crippen LogP contribution >= 0.6 is 0 Å². The van der Waals surface area contributed by atoms with Crippen molar-refractivity contribution in [3.05, 3.63) is 113 Å². The van der Waals surface area contributed by atoms with Crippen LogP contribution in [0.3, 0.4) is 0 Å². The molecule has 0 atom stereocenters. The first kappa shape index (κ1) is 28.0. The fourth-order valence-electron chi connectivity index (χ4n) is 3.97. The number of esters is 2. The molecule has 1 heterocycles. The highest BCUT2D eigenvalue weighted by molar-refractivity contribution is 5.90. The van der Waals surface area contributed by atoms with E-state index in [1.165, 1.54) is 0 Å².